The van der Waals surface area contributed by atoms with E-state index in [1.165, 1.54) is 19.2 Å². The summed E-state index contributed by atoms with van der Waals surface area (Å²) in [5.41, 5.74) is 1.59. The van der Waals surface area contributed by atoms with Gasteiger partial charge in [-0.05, 0) is 29.3 Å². The average molecular weight is 337 g/mol. The molecule has 2 aromatic carbocycles. The van der Waals surface area contributed by atoms with Gasteiger partial charge in [0, 0.05) is 17.3 Å². The normalized spacial score (nSPS) is 10.3. The van der Waals surface area contributed by atoms with Crippen LogP contribution in [0.2, 0.25) is 0 Å². The maximum absolute atomic E-state index is 13.5. The first-order valence-corrected chi connectivity index (χ1v) is 6.97. The number of carbonyl (C=O) groups is 1. The third-order valence-corrected chi connectivity index (χ3v) is 3.74. The predicted molar refractivity (Wildman–Crippen MR) is 79.5 cm³/mol. The van der Waals surface area contributed by atoms with E-state index >= 15 is 0 Å². The Balaban J connectivity index is 2.05. The van der Waals surface area contributed by atoms with Crippen molar-refractivity contribution in [2.24, 2.45) is 0 Å². The first kappa shape index (κ1) is 14.7. The van der Waals surface area contributed by atoms with Gasteiger partial charge >= 0.3 is 0 Å². The molecule has 0 bridgehead atoms. The van der Waals surface area contributed by atoms with E-state index in [1.807, 2.05) is 24.3 Å². The van der Waals surface area contributed by atoms with Crippen molar-refractivity contribution in [3.8, 4) is 5.75 Å². The zero-order valence-corrected chi connectivity index (χ0v) is 12.6. The standard InChI is InChI=1S/C16H14BrFO2/c1-20-16-7-6-11(9-15(16)18)8-13(19)10-12-4-2-3-5-14(12)17/h2-7,9H,8,10H2,1H3. The quantitative estimate of drug-likeness (QED) is 0.826. The monoisotopic (exact) mass is 336 g/mol. The van der Waals surface area contributed by atoms with Crippen LogP contribution in [0.1, 0.15) is 11.1 Å². The molecule has 0 N–H and O–H groups in total. The molecule has 2 nitrogen and oxygen atoms in total. The lowest BCUT2D eigenvalue weighted by molar-refractivity contribution is -0.117. The summed E-state index contributed by atoms with van der Waals surface area (Å²) in [4.78, 5) is 12.0. The van der Waals surface area contributed by atoms with Crippen molar-refractivity contribution in [1.82, 2.24) is 0 Å². The van der Waals surface area contributed by atoms with E-state index < -0.39 is 5.82 Å². The molecule has 2 rings (SSSR count). The van der Waals surface area contributed by atoms with Crippen LogP contribution in [0.5, 0.6) is 5.75 Å². The van der Waals surface area contributed by atoms with Gasteiger partial charge in [-0.1, -0.05) is 40.2 Å². The molecule has 104 valence electrons. The lowest BCUT2D eigenvalue weighted by atomic mass is 10.0. The SMILES string of the molecule is COc1ccc(CC(=O)Cc2ccccc2Br)cc1F. The van der Waals surface area contributed by atoms with Crippen LogP contribution in [0.15, 0.2) is 46.9 Å². The minimum atomic E-state index is -0.446. The second-order valence-electron chi connectivity index (χ2n) is 4.45. The van der Waals surface area contributed by atoms with Crippen molar-refractivity contribution >= 4 is 21.7 Å². The first-order valence-electron chi connectivity index (χ1n) is 6.17. The molecule has 0 aromatic heterocycles. The summed E-state index contributed by atoms with van der Waals surface area (Å²) in [5.74, 6) is -0.216. The number of halogens is 2. The number of hydrogen-bond acceptors (Lipinski definition) is 2. The van der Waals surface area contributed by atoms with Crippen LogP contribution in [-0.2, 0) is 17.6 Å². The summed E-state index contributed by atoms with van der Waals surface area (Å²) in [6, 6.07) is 12.2. The maximum atomic E-state index is 13.5. The number of ketones is 1. The molecule has 0 aliphatic heterocycles. The van der Waals surface area contributed by atoms with E-state index in [9.17, 15) is 9.18 Å². The highest BCUT2D eigenvalue weighted by atomic mass is 79.9. The number of Topliss-reactive ketones (excluding diaryl/α,β-unsaturated/α-hetero) is 1. The Morgan fingerprint density at radius 3 is 2.60 bits per heavy atom. The van der Waals surface area contributed by atoms with Crippen molar-refractivity contribution < 1.29 is 13.9 Å². The Morgan fingerprint density at radius 2 is 1.95 bits per heavy atom. The van der Waals surface area contributed by atoms with E-state index in [0.717, 1.165) is 10.0 Å². The fourth-order valence-electron chi connectivity index (χ4n) is 1.96. The molecular weight excluding hydrogens is 323 g/mol. The minimum absolute atomic E-state index is 0.0430. The Kier molecular flexibility index (Phi) is 4.90. The third kappa shape index (κ3) is 3.67. The van der Waals surface area contributed by atoms with Crippen LogP contribution < -0.4 is 4.74 Å². The summed E-state index contributed by atoms with van der Waals surface area (Å²) in [6.45, 7) is 0. The van der Waals surface area contributed by atoms with E-state index in [0.29, 0.717) is 12.0 Å². The van der Waals surface area contributed by atoms with Crippen LogP contribution >= 0.6 is 15.9 Å². The Bertz CT molecular complexity index is 626. The van der Waals surface area contributed by atoms with Crippen molar-refractivity contribution in [1.29, 1.82) is 0 Å². The minimum Gasteiger partial charge on any atom is -0.494 e. The van der Waals surface area contributed by atoms with Crippen molar-refractivity contribution in [2.45, 2.75) is 12.8 Å². The molecule has 4 heteroatoms. The van der Waals surface area contributed by atoms with Crippen molar-refractivity contribution in [2.75, 3.05) is 7.11 Å². The number of benzene rings is 2. The Morgan fingerprint density at radius 1 is 1.20 bits per heavy atom. The second kappa shape index (κ2) is 6.66. The molecule has 0 fully saturated rings. The van der Waals surface area contributed by atoms with Crippen LogP contribution in [0.4, 0.5) is 4.39 Å². The van der Waals surface area contributed by atoms with E-state index in [2.05, 4.69) is 15.9 Å². The highest BCUT2D eigenvalue weighted by Crippen LogP contribution is 2.20. The van der Waals surface area contributed by atoms with Gasteiger partial charge in [0.15, 0.2) is 11.6 Å². The number of carbonyl (C=O) groups excluding carboxylic acids is 1. The van der Waals surface area contributed by atoms with Gasteiger partial charge in [-0.2, -0.15) is 0 Å². The fourth-order valence-corrected chi connectivity index (χ4v) is 2.39. The van der Waals surface area contributed by atoms with E-state index in [-0.39, 0.29) is 18.0 Å². The van der Waals surface area contributed by atoms with Gasteiger partial charge in [-0.15, -0.1) is 0 Å². The number of ether oxygens (including phenoxy) is 1. The van der Waals surface area contributed by atoms with Gasteiger partial charge in [0.1, 0.15) is 5.78 Å². The highest BCUT2D eigenvalue weighted by Gasteiger charge is 2.10. The molecule has 0 radical (unpaired) electrons. The summed E-state index contributed by atoms with van der Waals surface area (Å²) >= 11 is 3.41. The Labute approximate surface area is 125 Å². The smallest absolute Gasteiger partial charge is 0.165 e. The molecule has 0 aliphatic rings. The first-order chi connectivity index (χ1) is 9.60. The van der Waals surface area contributed by atoms with E-state index in [4.69, 9.17) is 4.74 Å². The maximum Gasteiger partial charge on any atom is 0.165 e. The van der Waals surface area contributed by atoms with Crippen molar-refractivity contribution in [3.63, 3.8) is 0 Å². The van der Waals surface area contributed by atoms with Crippen LogP contribution in [-0.4, -0.2) is 12.9 Å². The van der Waals surface area contributed by atoms with Crippen LogP contribution in [0, 0.1) is 5.82 Å². The van der Waals surface area contributed by atoms with E-state index in [1.54, 1.807) is 6.07 Å². The lowest BCUT2D eigenvalue weighted by Gasteiger charge is -2.06. The predicted octanol–water partition coefficient (Wildman–Crippen LogP) is 3.95. The molecule has 2 aromatic rings. The number of rotatable bonds is 5. The molecule has 0 unspecified atom stereocenters. The van der Waals surface area contributed by atoms with Gasteiger partial charge in [0.25, 0.3) is 0 Å². The molecule has 0 atom stereocenters. The molecule has 0 saturated heterocycles. The molecule has 0 spiro atoms. The van der Waals surface area contributed by atoms with Crippen molar-refractivity contribution in [3.05, 3.63) is 63.9 Å². The largest absolute Gasteiger partial charge is 0.494 e. The second-order valence-corrected chi connectivity index (χ2v) is 5.31. The van der Waals surface area contributed by atoms with Crippen LogP contribution in [0.3, 0.4) is 0 Å². The van der Waals surface area contributed by atoms with Gasteiger partial charge in [-0.3, -0.25) is 4.79 Å². The molecule has 20 heavy (non-hydrogen) atoms. The molecule has 0 saturated carbocycles. The number of methoxy groups -OCH3 is 1. The zero-order valence-electron chi connectivity index (χ0n) is 11.0. The summed E-state index contributed by atoms with van der Waals surface area (Å²) in [7, 11) is 1.41. The average Bonchev–Trinajstić information content (AvgIpc) is 2.41. The molecule has 0 heterocycles. The topological polar surface area (TPSA) is 26.3 Å². The Hall–Kier alpha value is -1.68. The van der Waals surface area contributed by atoms with Gasteiger partial charge in [-0.25, -0.2) is 4.39 Å². The molecule has 0 aliphatic carbocycles. The highest BCUT2D eigenvalue weighted by molar-refractivity contribution is 9.10. The fraction of sp³-hybridized carbons (Fsp3) is 0.188. The summed E-state index contributed by atoms with van der Waals surface area (Å²) in [6.07, 6.45) is 0.539. The lowest BCUT2D eigenvalue weighted by Crippen LogP contribution is -2.07. The van der Waals surface area contributed by atoms with Gasteiger partial charge in [0.2, 0.25) is 0 Å². The van der Waals surface area contributed by atoms with Crippen LogP contribution in [0.25, 0.3) is 0 Å². The zero-order chi connectivity index (χ0) is 14.5. The summed E-state index contributed by atoms with van der Waals surface area (Å²) in [5, 5.41) is 0. The van der Waals surface area contributed by atoms with Gasteiger partial charge in [0.05, 0.1) is 7.11 Å². The number of hydrogen-bond donors (Lipinski definition) is 0. The molecular formula is C16H14BrFO2. The third-order valence-electron chi connectivity index (χ3n) is 2.96. The van der Waals surface area contributed by atoms with Gasteiger partial charge < -0.3 is 4.74 Å². The summed E-state index contributed by atoms with van der Waals surface area (Å²) < 4.78 is 19.3. The molecule has 0 amide bonds.